The Kier molecular flexibility index (Phi) is 3.03. The molecule has 0 heterocycles. The van der Waals surface area contributed by atoms with Gasteiger partial charge in [-0.05, 0) is 47.5 Å². The van der Waals surface area contributed by atoms with E-state index < -0.39 is 0 Å². The summed E-state index contributed by atoms with van der Waals surface area (Å²) in [7, 11) is 0. The van der Waals surface area contributed by atoms with Crippen LogP contribution in [0.4, 0.5) is 0 Å². The van der Waals surface area contributed by atoms with Gasteiger partial charge in [0.25, 0.3) is 0 Å². The van der Waals surface area contributed by atoms with Gasteiger partial charge < -0.3 is 9.47 Å². The van der Waals surface area contributed by atoms with Crippen molar-refractivity contribution < 1.29 is 9.47 Å². The first-order valence-corrected chi connectivity index (χ1v) is 5.15. The Hall–Kier alpha value is -0.0800. The van der Waals surface area contributed by atoms with Crippen LogP contribution < -0.4 is 0 Å². The van der Waals surface area contributed by atoms with Crippen molar-refractivity contribution in [3.63, 3.8) is 0 Å². The topological polar surface area (TPSA) is 18.5 Å². The van der Waals surface area contributed by atoms with Crippen LogP contribution in [0.25, 0.3) is 0 Å². The highest BCUT2D eigenvalue weighted by molar-refractivity contribution is 4.96. The fraction of sp³-hybridized carbons (Fsp3) is 1.00. The molecular formula is C11H22O2. The predicted molar refractivity (Wildman–Crippen MR) is 53.9 cm³/mol. The second-order valence-corrected chi connectivity index (χ2v) is 5.25. The van der Waals surface area contributed by atoms with Gasteiger partial charge >= 0.3 is 0 Å². The molecule has 0 atom stereocenters. The molecule has 0 radical (unpaired) electrons. The zero-order chi connectivity index (χ0) is 10.1. The Balaban J connectivity index is 2.28. The molecule has 0 aliphatic heterocycles. The molecule has 1 aliphatic rings. The molecule has 0 N–H and O–H groups in total. The summed E-state index contributed by atoms with van der Waals surface area (Å²) in [6.45, 7) is 11.2. The zero-order valence-corrected chi connectivity index (χ0v) is 9.52. The van der Waals surface area contributed by atoms with Gasteiger partial charge in [0.1, 0.15) is 0 Å². The monoisotopic (exact) mass is 186 g/mol. The molecule has 1 rings (SSSR count). The molecule has 1 saturated carbocycles. The minimum atomic E-state index is -0.0457. The molecule has 0 bridgehead atoms. The van der Waals surface area contributed by atoms with Crippen molar-refractivity contribution in [2.45, 2.75) is 64.8 Å². The Morgan fingerprint density at radius 3 is 2.08 bits per heavy atom. The average molecular weight is 186 g/mol. The highest BCUT2D eigenvalue weighted by Gasteiger charge is 2.45. The molecule has 0 aromatic carbocycles. The van der Waals surface area contributed by atoms with E-state index in [9.17, 15) is 0 Å². The van der Waals surface area contributed by atoms with Crippen LogP contribution in [0.2, 0.25) is 0 Å². The minimum Gasteiger partial charge on any atom is -0.373 e. The number of ether oxygens (including phenoxy) is 2. The predicted octanol–water partition coefficient (Wildman–Crippen LogP) is 2.76. The molecule has 1 aliphatic carbocycles. The molecule has 0 aromatic heterocycles. The van der Waals surface area contributed by atoms with E-state index in [0.717, 1.165) is 19.4 Å². The molecule has 0 saturated heterocycles. The summed E-state index contributed by atoms with van der Waals surface area (Å²) in [5, 5.41) is 0. The average Bonchev–Trinajstić information content (AvgIpc) is 2.63. The molecule has 0 amide bonds. The van der Waals surface area contributed by atoms with Crippen molar-refractivity contribution in [2.75, 3.05) is 6.61 Å². The number of hydrogen-bond donors (Lipinski definition) is 0. The van der Waals surface area contributed by atoms with E-state index in [4.69, 9.17) is 9.47 Å². The summed E-state index contributed by atoms with van der Waals surface area (Å²) >= 11 is 0. The quantitative estimate of drug-likeness (QED) is 0.672. The van der Waals surface area contributed by atoms with Crippen LogP contribution >= 0.6 is 0 Å². The van der Waals surface area contributed by atoms with Crippen molar-refractivity contribution in [3.05, 3.63) is 0 Å². The molecule has 1 fully saturated rings. The van der Waals surface area contributed by atoms with Gasteiger partial charge in [0.05, 0.1) is 23.9 Å². The summed E-state index contributed by atoms with van der Waals surface area (Å²) in [6.07, 6.45) is 2.62. The van der Waals surface area contributed by atoms with Crippen LogP contribution in [0.5, 0.6) is 0 Å². The Labute approximate surface area is 81.6 Å². The van der Waals surface area contributed by atoms with E-state index in [2.05, 4.69) is 34.6 Å². The van der Waals surface area contributed by atoms with Crippen LogP contribution in [-0.2, 0) is 9.47 Å². The fourth-order valence-electron chi connectivity index (χ4n) is 1.28. The molecular weight excluding hydrogens is 164 g/mol. The Bertz CT molecular complexity index is 163. The van der Waals surface area contributed by atoms with Gasteiger partial charge in [0, 0.05) is 0 Å². The van der Waals surface area contributed by atoms with Crippen LogP contribution in [0.1, 0.15) is 47.5 Å². The zero-order valence-electron chi connectivity index (χ0n) is 9.52. The summed E-state index contributed by atoms with van der Waals surface area (Å²) < 4.78 is 11.6. The first kappa shape index (κ1) is 11.0. The first-order chi connectivity index (χ1) is 5.83. The lowest BCUT2D eigenvalue weighted by atomic mass is 10.2. The van der Waals surface area contributed by atoms with E-state index in [1.54, 1.807) is 0 Å². The minimum absolute atomic E-state index is 0.0457. The van der Waals surface area contributed by atoms with Gasteiger partial charge in [-0.3, -0.25) is 0 Å². The molecule has 2 nitrogen and oxygen atoms in total. The largest absolute Gasteiger partial charge is 0.373 e. The van der Waals surface area contributed by atoms with Crippen LogP contribution in [-0.4, -0.2) is 23.9 Å². The van der Waals surface area contributed by atoms with Gasteiger partial charge in [-0.2, -0.15) is 0 Å². The van der Waals surface area contributed by atoms with Gasteiger partial charge in [-0.15, -0.1) is 0 Å². The summed E-state index contributed by atoms with van der Waals surface area (Å²) in [5.74, 6) is 0. The first-order valence-electron chi connectivity index (χ1n) is 5.15. The van der Waals surface area contributed by atoms with Crippen molar-refractivity contribution in [2.24, 2.45) is 0 Å². The third-order valence-electron chi connectivity index (χ3n) is 2.06. The van der Waals surface area contributed by atoms with Crippen LogP contribution in [0, 0.1) is 0 Å². The van der Waals surface area contributed by atoms with E-state index in [0.29, 0.717) is 6.10 Å². The van der Waals surface area contributed by atoms with Gasteiger partial charge in [-0.25, -0.2) is 0 Å². The van der Waals surface area contributed by atoms with Crippen molar-refractivity contribution in [3.8, 4) is 0 Å². The van der Waals surface area contributed by atoms with Gasteiger partial charge in [0.15, 0.2) is 0 Å². The standard InChI is InChI=1S/C11H22O2/c1-9(2)13-11(6-7-11)8-12-10(3,4)5/h9H,6-8H2,1-5H3. The second-order valence-electron chi connectivity index (χ2n) is 5.25. The maximum Gasteiger partial charge on any atom is 0.0920 e. The Morgan fingerprint density at radius 1 is 1.23 bits per heavy atom. The van der Waals surface area contributed by atoms with Crippen molar-refractivity contribution in [1.82, 2.24) is 0 Å². The van der Waals surface area contributed by atoms with E-state index in [1.165, 1.54) is 0 Å². The highest BCUT2D eigenvalue weighted by atomic mass is 16.6. The Morgan fingerprint density at radius 2 is 1.77 bits per heavy atom. The third kappa shape index (κ3) is 4.10. The van der Waals surface area contributed by atoms with E-state index in [-0.39, 0.29) is 11.2 Å². The summed E-state index contributed by atoms with van der Waals surface area (Å²) in [5.41, 5.74) is 0.0113. The SMILES string of the molecule is CC(C)OC1(COC(C)(C)C)CC1. The molecule has 2 heteroatoms. The van der Waals surface area contributed by atoms with Crippen molar-refractivity contribution in [1.29, 1.82) is 0 Å². The normalized spacial score (nSPS) is 20.8. The van der Waals surface area contributed by atoms with Crippen molar-refractivity contribution >= 4 is 0 Å². The lowest BCUT2D eigenvalue weighted by Gasteiger charge is -2.25. The molecule has 0 spiro atoms. The fourth-order valence-corrected chi connectivity index (χ4v) is 1.28. The smallest absolute Gasteiger partial charge is 0.0920 e. The van der Waals surface area contributed by atoms with Gasteiger partial charge in [-0.1, -0.05) is 0 Å². The third-order valence-corrected chi connectivity index (χ3v) is 2.06. The maximum atomic E-state index is 5.82. The van der Waals surface area contributed by atoms with E-state index in [1.807, 2.05) is 0 Å². The number of rotatable bonds is 4. The summed E-state index contributed by atoms with van der Waals surface area (Å²) in [4.78, 5) is 0. The molecule has 0 aromatic rings. The second kappa shape index (κ2) is 3.58. The highest BCUT2D eigenvalue weighted by Crippen LogP contribution is 2.41. The van der Waals surface area contributed by atoms with E-state index >= 15 is 0 Å². The maximum absolute atomic E-state index is 5.82. The van der Waals surface area contributed by atoms with Gasteiger partial charge in [0.2, 0.25) is 0 Å². The number of hydrogen-bond acceptors (Lipinski definition) is 2. The lowest BCUT2D eigenvalue weighted by molar-refractivity contribution is -0.101. The lowest BCUT2D eigenvalue weighted by Crippen LogP contribution is -2.31. The molecule has 0 unspecified atom stereocenters. The summed E-state index contributed by atoms with van der Waals surface area (Å²) in [6, 6.07) is 0. The molecule has 13 heavy (non-hydrogen) atoms. The van der Waals surface area contributed by atoms with Crippen LogP contribution in [0.15, 0.2) is 0 Å². The van der Waals surface area contributed by atoms with Crippen LogP contribution in [0.3, 0.4) is 0 Å². The molecule has 78 valence electrons.